The number of carboxylic acid groups (broad SMARTS) is 1. The molecule has 0 bridgehead atoms. The van der Waals surface area contributed by atoms with Crippen molar-refractivity contribution in [3.05, 3.63) is 0 Å². The molecule has 82 valence electrons. The summed E-state index contributed by atoms with van der Waals surface area (Å²) in [5.74, 6) is -2.76. The predicted molar refractivity (Wildman–Crippen MR) is 41.0 cm³/mol. The van der Waals surface area contributed by atoms with Gasteiger partial charge in [-0.05, 0) is 0 Å². The average Bonchev–Trinajstić information content (AvgIpc) is 1.96. The normalized spacial score (nSPS) is 14.7. The standard InChI is InChI=1S/C4H8N2O.C2HF3O2/c1-7-6-4-2-5-3-4;3-2(4,5)1(6)7/h5H,2-3H2,1H3;(H,6,7). The van der Waals surface area contributed by atoms with Crippen molar-refractivity contribution in [2.45, 2.75) is 6.18 Å². The Kier molecular flexibility index (Phi) is 4.92. The molecule has 1 saturated heterocycles. The quantitative estimate of drug-likeness (QED) is 0.613. The summed E-state index contributed by atoms with van der Waals surface area (Å²) in [7, 11) is 1.56. The van der Waals surface area contributed by atoms with E-state index in [1.165, 1.54) is 0 Å². The third-order valence-electron chi connectivity index (χ3n) is 1.12. The second-order valence-electron chi connectivity index (χ2n) is 2.25. The smallest absolute Gasteiger partial charge is 0.475 e. The molecule has 1 heterocycles. The highest BCUT2D eigenvalue weighted by Crippen LogP contribution is 2.13. The van der Waals surface area contributed by atoms with Crippen LogP contribution in [0.2, 0.25) is 0 Å². The van der Waals surface area contributed by atoms with Gasteiger partial charge in [0.2, 0.25) is 0 Å². The molecule has 0 spiro atoms. The van der Waals surface area contributed by atoms with Crippen molar-refractivity contribution in [1.82, 2.24) is 5.32 Å². The van der Waals surface area contributed by atoms with E-state index in [-0.39, 0.29) is 0 Å². The first-order valence-electron chi connectivity index (χ1n) is 3.47. The fourth-order valence-corrected chi connectivity index (χ4v) is 0.430. The lowest BCUT2D eigenvalue weighted by molar-refractivity contribution is -0.192. The summed E-state index contributed by atoms with van der Waals surface area (Å²) in [6, 6.07) is 0. The molecule has 0 aliphatic carbocycles. The molecule has 1 aliphatic heterocycles. The van der Waals surface area contributed by atoms with Crippen molar-refractivity contribution in [2.24, 2.45) is 5.16 Å². The van der Waals surface area contributed by atoms with E-state index in [0.717, 1.165) is 18.8 Å². The van der Waals surface area contributed by atoms with Crippen LogP contribution in [0, 0.1) is 0 Å². The molecule has 5 nitrogen and oxygen atoms in total. The molecular formula is C6H9F3N2O3. The summed E-state index contributed by atoms with van der Waals surface area (Å²) in [6.07, 6.45) is -5.08. The minimum atomic E-state index is -5.08. The van der Waals surface area contributed by atoms with Gasteiger partial charge in [-0.25, -0.2) is 4.79 Å². The summed E-state index contributed by atoms with van der Waals surface area (Å²) in [4.78, 5) is 13.4. The van der Waals surface area contributed by atoms with E-state index in [9.17, 15) is 13.2 Å². The van der Waals surface area contributed by atoms with Gasteiger partial charge >= 0.3 is 12.1 Å². The maximum absolute atomic E-state index is 10.6. The number of alkyl halides is 3. The lowest BCUT2D eigenvalue weighted by Crippen LogP contribution is -2.42. The van der Waals surface area contributed by atoms with Crippen molar-refractivity contribution in [2.75, 3.05) is 20.2 Å². The summed E-state index contributed by atoms with van der Waals surface area (Å²) < 4.78 is 31.7. The summed E-state index contributed by atoms with van der Waals surface area (Å²) in [6.45, 7) is 1.79. The second kappa shape index (κ2) is 5.43. The van der Waals surface area contributed by atoms with Crippen molar-refractivity contribution < 1.29 is 27.9 Å². The van der Waals surface area contributed by atoms with Crippen molar-refractivity contribution >= 4 is 11.7 Å². The number of hydrogen-bond donors (Lipinski definition) is 2. The Labute approximate surface area is 77.5 Å². The molecule has 0 unspecified atom stereocenters. The van der Waals surface area contributed by atoms with E-state index in [2.05, 4.69) is 15.3 Å². The Bertz CT molecular complexity index is 221. The average molecular weight is 214 g/mol. The molecule has 0 aromatic carbocycles. The van der Waals surface area contributed by atoms with E-state index >= 15 is 0 Å². The Balaban J connectivity index is 0.000000241. The molecule has 14 heavy (non-hydrogen) atoms. The van der Waals surface area contributed by atoms with Crippen LogP contribution in [0.1, 0.15) is 0 Å². The largest absolute Gasteiger partial charge is 0.490 e. The van der Waals surface area contributed by atoms with E-state index in [1.807, 2.05) is 0 Å². The van der Waals surface area contributed by atoms with Gasteiger partial charge in [0.15, 0.2) is 0 Å². The molecule has 8 heteroatoms. The Hall–Kier alpha value is -1.31. The van der Waals surface area contributed by atoms with Crippen molar-refractivity contribution in [3.63, 3.8) is 0 Å². The highest BCUT2D eigenvalue weighted by molar-refractivity contribution is 5.92. The minimum absolute atomic E-state index is 0.897. The number of aliphatic carboxylic acids is 1. The molecule has 2 N–H and O–H groups in total. The van der Waals surface area contributed by atoms with Crippen molar-refractivity contribution in [3.8, 4) is 0 Å². The number of carbonyl (C=O) groups is 1. The van der Waals surface area contributed by atoms with Crippen LogP contribution in [0.5, 0.6) is 0 Å². The first-order chi connectivity index (χ1) is 6.38. The molecule has 1 rings (SSSR count). The Morgan fingerprint density at radius 3 is 2.07 bits per heavy atom. The number of nitrogens with zero attached hydrogens (tertiary/aromatic N) is 1. The van der Waals surface area contributed by atoms with Crippen LogP contribution in [0.25, 0.3) is 0 Å². The third kappa shape index (κ3) is 5.36. The van der Waals surface area contributed by atoms with Gasteiger partial charge < -0.3 is 15.3 Å². The van der Waals surface area contributed by atoms with Crippen LogP contribution in [0.4, 0.5) is 13.2 Å². The molecule has 0 aromatic rings. The van der Waals surface area contributed by atoms with Crippen LogP contribution < -0.4 is 5.32 Å². The Morgan fingerprint density at radius 1 is 1.57 bits per heavy atom. The zero-order valence-corrected chi connectivity index (χ0v) is 7.26. The highest BCUT2D eigenvalue weighted by atomic mass is 19.4. The molecule has 0 radical (unpaired) electrons. The third-order valence-corrected chi connectivity index (χ3v) is 1.12. The second-order valence-corrected chi connectivity index (χ2v) is 2.25. The number of oxime groups is 1. The summed E-state index contributed by atoms with van der Waals surface area (Å²) in [5.41, 5.74) is 1.10. The minimum Gasteiger partial charge on any atom is -0.475 e. The van der Waals surface area contributed by atoms with Crippen molar-refractivity contribution in [1.29, 1.82) is 0 Å². The predicted octanol–water partition coefficient (Wildman–Crippen LogP) is 0.225. The van der Waals surface area contributed by atoms with Crippen LogP contribution in [-0.4, -0.2) is 43.2 Å². The van der Waals surface area contributed by atoms with Gasteiger partial charge in [-0.15, -0.1) is 0 Å². The lowest BCUT2D eigenvalue weighted by atomic mass is 10.2. The van der Waals surface area contributed by atoms with Crippen LogP contribution in [-0.2, 0) is 9.63 Å². The molecule has 0 atom stereocenters. The highest BCUT2D eigenvalue weighted by Gasteiger charge is 2.38. The zero-order valence-electron chi connectivity index (χ0n) is 7.26. The Morgan fingerprint density at radius 2 is 2.00 bits per heavy atom. The number of halogens is 3. The van der Waals surface area contributed by atoms with Crippen LogP contribution >= 0.6 is 0 Å². The zero-order chi connectivity index (χ0) is 11.2. The van der Waals surface area contributed by atoms with E-state index in [0.29, 0.717) is 0 Å². The fraction of sp³-hybridized carbons (Fsp3) is 0.667. The monoisotopic (exact) mass is 214 g/mol. The first kappa shape index (κ1) is 12.7. The van der Waals surface area contributed by atoms with Gasteiger partial charge in [0, 0.05) is 13.1 Å². The molecule has 1 aliphatic rings. The topological polar surface area (TPSA) is 70.9 Å². The fourth-order valence-electron chi connectivity index (χ4n) is 0.430. The summed E-state index contributed by atoms with van der Waals surface area (Å²) in [5, 5.41) is 13.8. The maximum atomic E-state index is 10.6. The van der Waals surface area contributed by atoms with Gasteiger partial charge in [0.1, 0.15) is 7.11 Å². The summed E-state index contributed by atoms with van der Waals surface area (Å²) >= 11 is 0. The SMILES string of the molecule is CON=C1CNC1.O=C(O)C(F)(F)F. The van der Waals surface area contributed by atoms with Gasteiger partial charge in [-0.3, -0.25) is 0 Å². The maximum Gasteiger partial charge on any atom is 0.490 e. The van der Waals surface area contributed by atoms with Gasteiger partial charge in [-0.1, -0.05) is 5.16 Å². The van der Waals surface area contributed by atoms with Crippen LogP contribution in [0.3, 0.4) is 0 Å². The lowest BCUT2D eigenvalue weighted by Gasteiger charge is -2.14. The van der Waals surface area contributed by atoms with E-state index in [1.54, 1.807) is 7.11 Å². The molecule has 0 aromatic heterocycles. The van der Waals surface area contributed by atoms with E-state index < -0.39 is 12.1 Å². The molecular weight excluding hydrogens is 205 g/mol. The van der Waals surface area contributed by atoms with Gasteiger partial charge in [-0.2, -0.15) is 13.2 Å². The molecule has 0 saturated carbocycles. The number of nitrogens with one attached hydrogen (secondary N) is 1. The first-order valence-corrected chi connectivity index (χ1v) is 3.47. The number of rotatable bonds is 1. The molecule has 1 fully saturated rings. The molecule has 0 amide bonds. The number of hydrogen-bond acceptors (Lipinski definition) is 4. The van der Waals surface area contributed by atoms with Crippen LogP contribution in [0.15, 0.2) is 5.16 Å². The van der Waals surface area contributed by atoms with E-state index in [4.69, 9.17) is 9.90 Å². The van der Waals surface area contributed by atoms with Gasteiger partial charge in [0.05, 0.1) is 5.71 Å². The number of carboxylic acids is 1. The van der Waals surface area contributed by atoms with Gasteiger partial charge in [0.25, 0.3) is 0 Å².